The van der Waals surface area contributed by atoms with E-state index in [0.717, 1.165) is 26.2 Å². The van der Waals surface area contributed by atoms with E-state index in [1.807, 2.05) is 17.2 Å². The molecule has 0 unspecified atom stereocenters. The molecule has 0 amide bonds. The first-order valence-electron chi connectivity index (χ1n) is 11.2. The van der Waals surface area contributed by atoms with Gasteiger partial charge in [-0.05, 0) is 25.2 Å². The smallest absolute Gasteiger partial charge is 0.163 e. The van der Waals surface area contributed by atoms with Gasteiger partial charge < -0.3 is 24.4 Å². The molecule has 35 heavy (non-hydrogen) atoms. The molecule has 0 atom stereocenters. The number of anilines is 2. The molecular formula is C25H28ClN5O4. The first-order valence-corrected chi connectivity index (χ1v) is 11.6. The Balaban J connectivity index is 1.56. The van der Waals surface area contributed by atoms with Gasteiger partial charge in [-0.2, -0.15) is 10.3 Å². The number of nitrogens with one attached hydrogen (secondary N) is 1. The number of piperazine rings is 1. The third-order valence-electron chi connectivity index (χ3n) is 5.79. The molecule has 10 heteroatoms. The molecule has 0 spiro atoms. The van der Waals surface area contributed by atoms with Crippen LogP contribution in [0, 0.1) is 11.3 Å². The summed E-state index contributed by atoms with van der Waals surface area (Å²) in [6.07, 6.45) is 1.52. The first kappa shape index (κ1) is 24.8. The third-order valence-corrected chi connectivity index (χ3v) is 6.18. The van der Waals surface area contributed by atoms with Crippen molar-refractivity contribution in [1.29, 1.82) is 5.26 Å². The number of halogens is 1. The molecule has 1 saturated heterocycles. The van der Waals surface area contributed by atoms with E-state index in [2.05, 4.69) is 28.3 Å². The molecule has 1 N–H and O–H groups in total. The van der Waals surface area contributed by atoms with Crippen LogP contribution in [0.5, 0.6) is 17.2 Å². The Morgan fingerprint density at radius 3 is 2.54 bits per heavy atom. The number of hydrogen-bond acceptors (Lipinski definition) is 9. The second-order valence-electron chi connectivity index (χ2n) is 8.04. The minimum absolute atomic E-state index is 0.356. The van der Waals surface area contributed by atoms with E-state index >= 15 is 0 Å². The van der Waals surface area contributed by atoms with Crippen molar-refractivity contribution in [2.45, 2.75) is 0 Å². The number of hydrogen-bond donors (Lipinski definition) is 1. The predicted molar refractivity (Wildman–Crippen MR) is 135 cm³/mol. The van der Waals surface area contributed by atoms with Crippen LogP contribution >= 0.6 is 11.6 Å². The number of fused-ring (bicyclic) bond motifs is 1. The van der Waals surface area contributed by atoms with Crippen LogP contribution in [0.2, 0.25) is 5.02 Å². The second-order valence-corrected chi connectivity index (χ2v) is 8.42. The highest BCUT2D eigenvalue weighted by Gasteiger charge is 2.17. The SMILES string of the molecule is COc1cc2c(Nc3cccc(OC)c3Cl)c(C#N)cnc2cc1OCCON1CCN(C)CC1. The standard InChI is InChI=1S/C25H28ClN5O4/c1-30-7-9-31(10-8-30)35-12-11-34-23-14-20-18(13-22(23)33-3)25(17(15-27)16-28-20)29-19-5-4-6-21(32-2)24(19)26/h4-6,13-14,16H,7-12H2,1-3H3,(H,28,29). The zero-order valence-electron chi connectivity index (χ0n) is 20.0. The predicted octanol–water partition coefficient (Wildman–Crippen LogP) is 4.08. The van der Waals surface area contributed by atoms with E-state index in [9.17, 15) is 5.26 Å². The Morgan fingerprint density at radius 1 is 1.06 bits per heavy atom. The fraction of sp³-hybridized carbons (Fsp3) is 0.360. The third kappa shape index (κ3) is 5.69. The lowest BCUT2D eigenvalue weighted by atomic mass is 10.1. The van der Waals surface area contributed by atoms with Gasteiger partial charge in [-0.1, -0.05) is 17.7 Å². The maximum Gasteiger partial charge on any atom is 0.163 e. The number of aromatic nitrogens is 1. The molecule has 9 nitrogen and oxygen atoms in total. The van der Waals surface area contributed by atoms with Crippen molar-refractivity contribution >= 4 is 33.9 Å². The van der Waals surface area contributed by atoms with Crippen molar-refractivity contribution in [2.24, 2.45) is 0 Å². The van der Waals surface area contributed by atoms with Crippen LogP contribution in [-0.4, -0.2) is 75.6 Å². The summed E-state index contributed by atoms with van der Waals surface area (Å²) in [5.41, 5.74) is 2.18. The molecule has 0 radical (unpaired) electrons. The number of rotatable bonds is 9. The minimum atomic E-state index is 0.356. The number of ether oxygens (including phenoxy) is 3. The fourth-order valence-corrected chi connectivity index (χ4v) is 4.08. The molecule has 0 saturated carbocycles. The molecule has 3 aromatic rings. The molecule has 0 aliphatic carbocycles. The molecule has 1 fully saturated rings. The van der Waals surface area contributed by atoms with Gasteiger partial charge in [0.1, 0.15) is 30.1 Å². The Kier molecular flexibility index (Phi) is 8.10. The van der Waals surface area contributed by atoms with Gasteiger partial charge in [-0.25, -0.2) is 0 Å². The van der Waals surface area contributed by atoms with Crippen LogP contribution in [0.3, 0.4) is 0 Å². The molecule has 1 aliphatic heterocycles. The summed E-state index contributed by atoms with van der Waals surface area (Å²) >= 11 is 6.48. The first-order chi connectivity index (χ1) is 17.0. The zero-order valence-corrected chi connectivity index (χ0v) is 20.8. The molecular weight excluding hydrogens is 470 g/mol. The van der Waals surface area contributed by atoms with Crippen LogP contribution in [0.4, 0.5) is 11.4 Å². The van der Waals surface area contributed by atoms with Gasteiger partial charge in [0.15, 0.2) is 11.5 Å². The van der Waals surface area contributed by atoms with Crippen LogP contribution in [0.25, 0.3) is 10.9 Å². The van der Waals surface area contributed by atoms with Crippen molar-refractivity contribution in [3.8, 4) is 23.3 Å². The quantitative estimate of drug-likeness (QED) is 0.439. The maximum absolute atomic E-state index is 9.71. The number of methoxy groups -OCH3 is 2. The molecule has 4 rings (SSSR count). The topological polar surface area (TPSA) is 92.1 Å². The highest BCUT2D eigenvalue weighted by molar-refractivity contribution is 6.35. The molecule has 1 aliphatic rings. The Morgan fingerprint density at radius 2 is 1.83 bits per heavy atom. The van der Waals surface area contributed by atoms with Gasteiger partial charge in [-0.15, -0.1) is 0 Å². The van der Waals surface area contributed by atoms with Crippen LogP contribution in [-0.2, 0) is 4.84 Å². The summed E-state index contributed by atoms with van der Waals surface area (Å²) < 4.78 is 16.9. The summed E-state index contributed by atoms with van der Waals surface area (Å²) in [5, 5.41) is 16.1. The normalized spacial score (nSPS) is 14.5. The summed E-state index contributed by atoms with van der Waals surface area (Å²) in [7, 11) is 5.23. The Labute approximate surface area is 209 Å². The van der Waals surface area contributed by atoms with Gasteiger partial charge in [0, 0.05) is 43.8 Å². The average Bonchev–Trinajstić information content (AvgIpc) is 2.88. The maximum atomic E-state index is 9.71. The average molecular weight is 498 g/mol. The van der Waals surface area contributed by atoms with Gasteiger partial charge in [0.05, 0.1) is 36.7 Å². The largest absolute Gasteiger partial charge is 0.495 e. The van der Waals surface area contributed by atoms with E-state index in [-0.39, 0.29) is 0 Å². The van der Waals surface area contributed by atoms with Crippen molar-refractivity contribution < 1.29 is 19.0 Å². The van der Waals surface area contributed by atoms with Crippen LogP contribution in [0.1, 0.15) is 5.56 Å². The summed E-state index contributed by atoms with van der Waals surface area (Å²) in [6.45, 7) is 4.48. The van der Waals surface area contributed by atoms with E-state index in [1.165, 1.54) is 6.20 Å². The van der Waals surface area contributed by atoms with Gasteiger partial charge in [0.25, 0.3) is 0 Å². The minimum Gasteiger partial charge on any atom is -0.495 e. The molecule has 1 aromatic heterocycles. The number of nitriles is 1. The lowest BCUT2D eigenvalue weighted by Crippen LogP contribution is -2.44. The van der Waals surface area contributed by atoms with Crippen molar-refractivity contribution in [2.75, 3.05) is 66.0 Å². The van der Waals surface area contributed by atoms with E-state index in [4.69, 9.17) is 30.6 Å². The zero-order chi connectivity index (χ0) is 24.8. The molecule has 184 valence electrons. The summed E-state index contributed by atoms with van der Waals surface area (Å²) in [6, 6.07) is 11.2. The number of benzene rings is 2. The van der Waals surface area contributed by atoms with Gasteiger partial charge in [-0.3, -0.25) is 9.82 Å². The van der Waals surface area contributed by atoms with Crippen LogP contribution < -0.4 is 19.5 Å². The Hall–Kier alpha value is -3.29. The number of likely N-dealkylation sites (N-methyl/N-ethyl adjacent to an activating group) is 1. The van der Waals surface area contributed by atoms with Crippen molar-refractivity contribution in [1.82, 2.24) is 14.9 Å². The monoisotopic (exact) mass is 497 g/mol. The van der Waals surface area contributed by atoms with E-state index in [0.29, 0.717) is 63.3 Å². The fourth-order valence-electron chi connectivity index (χ4n) is 3.83. The number of pyridine rings is 1. The number of nitrogens with zero attached hydrogens (tertiary/aromatic N) is 4. The summed E-state index contributed by atoms with van der Waals surface area (Å²) in [4.78, 5) is 12.5. The summed E-state index contributed by atoms with van der Waals surface area (Å²) in [5.74, 6) is 1.60. The number of hydroxylamine groups is 2. The highest BCUT2D eigenvalue weighted by atomic mass is 35.5. The lowest BCUT2D eigenvalue weighted by Gasteiger charge is -2.31. The van der Waals surface area contributed by atoms with Crippen molar-refractivity contribution in [3.05, 3.63) is 47.1 Å². The van der Waals surface area contributed by atoms with Gasteiger partial charge >= 0.3 is 0 Å². The van der Waals surface area contributed by atoms with Crippen LogP contribution in [0.15, 0.2) is 36.5 Å². The van der Waals surface area contributed by atoms with Gasteiger partial charge in [0.2, 0.25) is 0 Å². The molecule has 2 aromatic carbocycles. The molecule has 2 heterocycles. The second kappa shape index (κ2) is 11.4. The van der Waals surface area contributed by atoms with E-state index in [1.54, 1.807) is 32.4 Å². The lowest BCUT2D eigenvalue weighted by molar-refractivity contribution is -0.179. The van der Waals surface area contributed by atoms with Crippen molar-refractivity contribution in [3.63, 3.8) is 0 Å². The Bertz CT molecular complexity index is 1220. The highest BCUT2D eigenvalue weighted by Crippen LogP contribution is 2.39. The van der Waals surface area contributed by atoms with E-state index < -0.39 is 0 Å². The molecule has 0 bridgehead atoms.